The lowest BCUT2D eigenvalue weighted by molar-refractivity contribution is -0.142. The molecule has 0 radical (unpaired) electrons. The Kier molecular flexibility index (Phi) is 2.61. The summed E-state index contributed by atoms with van der Waals surface area (Å²) in [6.45, 7) is 1.74. The van der Waals surface area contributed by atoms with Gasteiger partial charge in [-0.25, -0.2) is 5.48 Å². The second-order valence-corrected chi connectivity index (χ2v) is 2.04. The monoisotopic (exact) mass is 146 g/mol. The van der Waals surface area contributed by atoms with Crippen LogP contribution in [0, 0.1) is 0 Å². The quantitative estimate of drug-likeness (QED) is 0.310. The largest absolute Gasteiger partial charge is 0.366 e. The fourth-order valence-electron chi connectivity index (χ4n) is 0.806. The Labute approximate surface area is 58.3 Å². The Hall–Kier alpha value is -0.650. The summed E-state index contributed by atoms with van der Waals surface area (Å²) in [5, 5.41) is 11.1. The van der Waals surface area contributed by atoms with E-state index in [0.717, 1.165) is 6.54 Å². The van der Waals surface area contributed by atoms with Gasteiger partial charge in [0.25, 0.3) is 5.91 Å². The van der Waals surface area contributed by atoms with Gasteiger partial charge in [0.15, 0.2) is 6.10 Å². The summed E-state index contributed by atoms with van der Waals surface area (Å²) in [5.74, 6) is -0.493. The zero-order chi connectivity index (χ0) is 7.40. The predicted molar refractivity (Wildman–Crippen MR) is 32.5 cm³/mol. The van der Waals surface area contributed by atoms with Gasteiger partial charge in [0.05, 0.1) is 6.61 Å². The summed E-state index contributed by atoms with van der Waals surface area (Å²) in [6, 6.07) is 0. The van der Waals surface area contributed by atoms with E-state index in [-0.39, 0.29) is 0 Å². The van der Waals surface area contributed by atoms with Crippen LogP contribution in [-0.4, -0.2) is 36.9 Å². The maximum Gasteiger partial charge on any atom is 0.273 e. The van der Waals surface area contributed by atoms with Gasteiger partial charge in [0.2, 0.25) is 0 Å². The molecule has 1 amide bonds. The van der Waals surface area contributed by atoms with E-state index in [9.17, 15) is 4.79 Å². The van der Waals surface area contributed by atoms with E-state index in [1.165, 1.54) is 5.48 Å². The molecule has 1 atom stereocenters. The molecule has 3 N–H and O–H groups in total. The maximum absolute atomic E-state index is 10.6. The number of hydrogen-bond acceptors (Lipinski definition) is 4. The molecule has 5 heteroatoms. The molecule has 0 saturated carbocycles. The van der Waals surface area contributed by atoms with Gasteiger partial charge in [-0.3, -0.25) is 10.0 Å². The summed E-state index contributed by atoms with van der Waals surface area (Å²) in [6.07, 6.45) is -0.543. The predicted octanol–water partition coefficient (Wildman–Crippen LogP) is -1.52. The number of nitrogens with one attached hydrogen (secondary N) is 2. The van der Waals surface area contributed by atoms with Gasteiger partial charge in [-0.05, 0) is 0 Å². The van der Waals surface area contributed by atoms with Crippen molar-refractivity contribution in [3.8, 4) is 0 Å². The Morgan fingerprint density at radius 3 is 3.10 bits per heavy atom. The molecular weight excluding hydrogens is 136 g/mol. The molecule has 1 aliphatic heterocycles. The molecule has 0 aliphatic carbocycles. The molecule has 0 spiro atoms. The first-order valence-corrected chi connectivity index (χ1v) is 3.11. The smallest absolute Gasteiger partial charge is 0.273 e. The van der Waals surface area contributed by atoms with Crippen LogP contribution >= 0.6 is 0 Å². The van der Waals surface area contributed by atoms with Crippen molar-refractivity contribution >= 4 is 5.91 Å². The van der Waals surface area contributed by atoms with E-state index < -0.39 is 12.0 Å². The van der Waals surface area contributed by atoms with Crippen LogP contribution < -0.4 is 10.8 Å². The van der Waals surface area contributed by atoms with Crippen molar-refractivity contribution in [1.82, 2.24) is 10.8 Å². The Bertz CT molecular complexity index is 122. The second kappa shape index (κ2) is 3.50. The molecule has 0 bridgehead atoms. The molecule has 0 aromatic carbocycles. The Balaban J connectivity index is 2.31. The minimum atomic E-state index is -0.543. The molecule has 10 heavy (non-hydrogen) atoms. The average Bonchev–Trinajstić information content (AvgIpc) is 2.05. The van der Waals surface area contributed by atoms with Crippen molar-refractivity contribution in [2.45, 2.75) is 6.10 Å². The zero-order valence-electron chi connectivity index (χ0n) is 5.46. The molecule has 1 heterocycles. The fourth-order valence-corrected chi connectivity index (χ4v) is 0.806. The van der Waals surface area contributed by atoms with Gasteiger partial charge in [-0.1, -0.05) is 0 Å². The lowest BCUT2D eigenvalue weighted by Gasteiger charge is -2.21. The number of hydrogen-bond donors (Lipinski definition) is 3. The zero-order valence-corrected chi connectivity index (χ0v) is 5.46. The first kappa shape index (κ1) is 7.46. The SMILES string of the molecule is O=C(NO)C1CNCCO1. The van der Waals surface area contributed by atoms with Crippen LogP contribution in [0.15, 0.2) is 0 Å². The first-order chi connectivity index (χ1) is 4.84. The van der Waals surface area contributed by atoms with Crippen LogP contribution in [0.3, 0.4) is 0 Å². The van der Waals surface area contributed by atoms with Gasteiger partial charge in [-0.2, -0.15) is 0 Å². The van der Waals surface area contributed by atoms with Crippen LogP contribution in [0.5, 0.6) is 0 Å². The van der Waals surface area contributed by atoms with Gasteiger partial charge in [0.1, 0.15) is 0 Å². The van der Waals surface area contributed by atoms with E-state index in [1.807, 2.05) is 0 Å². The minimum Gasteiger partial charge on any atom is -0.366 e. The molecule has 0 aromatic heterocycles. The van der Waals surface area contributed by atoms with Crippen molar-refractivity contribution in [2.24, 2.45) is 0 Å². The number of rotatable bonds is 1. The topological polar surface area (TPSA) is 70.6 Å². The summed E-state index contributed by atoms with van der Waals surface area (Å²) < 4.78 is 5.00. The summed E-state index contributed by atoms with van der Waals surface area (Å²) in [4.78, 5) is 10.6. The van der Waals surface area contributed by atoms with Crippen LogP contribution in [0.4, 0.5) is 0 Å². The number of morpholine rings is 1. The van der Waals surface area contributed by atoms with Crippen molar-refractivity contribution in [3.05, 3.63) is 0 Å². The standard InChI is InChI=1S/C5H10N2O3/c8-5(7-9)4-3-6-1-2-10-4/h4,6,9H,1-3H2,(H,7,8). The van der Waals surface area contributed by atoms with Crippen LogP contribution in [0.2, 0.25) is 0 Å². The molecule has 1 saturated heterocycles. The van der Waals surface area contributed by atoms with Crippen LogP contribution in [-0.2, 0) is 9.53 Å². The van der Waals surface area contributed by atoms with Crippen LogP contribution in [0.1, 0.15) is 0 Å². The highest BCUT2D eigenvalue weighted by Gasteiger charge is 2.20. The molecule has 1 rings (SSSR count). The van der Waals surface area contributed by atoms with Gasteiger partial charge in [0, 0.05) is 13.1 Å². The highest BCUT2D eigenvalue weighted by molar-refractivity contribution is 5.79. The number of carbonyl (C=O) groups is 1. The van der Waals surface area contributed by atoms with Gasteiger partial charge in [-0.15, -0.1) is 0 Å². The third-order valence-corrected chi connectivity index (χ3v) is 1.33. The maximum atomic E-state index is 10.6. The van der Waals surface area contributed by atoms with E-state index in [1.54, 1.807) is 0 Å². The van der Waals surface area contributed by atoms with Gasteiger partial charge >= 0.3 is 0 Å². The molecule has 0 aromatic rings. The van der Waals surface area contributed by atoms with Crippen molar-refractivity contribution < 1.29 is 14.7 Å². The summed E-state index contributed by atoms with van der Waals surface area (Å²) >= 11 is 0. The van der Waals surface area contributed by atoms with E-state index in [2.05, 4.69) is 5.32 Å². The molecule has 5 nitrogen and oxygen atoms in total. The van der Waals surface area contributed by atoms with Crippen LogP contribution in [0.25, 0.3) is 0 Å². The highest BCUT2D eigenvalue weighted by Crippen LogP contribution is 1.94. The van der Waals surface area contributed by atoms with Crippen molar-refractivity contribution in [1.29, 1.82) is 0 Å². The number of ether oxygens (including phenoxy) is 1. The van der Waals surface area contributed by atoms with E-state index in [4.69, 9.17) is 9.94 Å². The summed E-state index contributed by atoms with van der Waals surface area (Å²) in [7, 11) is 0. The average molecular weight is 146 g/mol. The lowest BCUT2D eigenvalue weighted by atomic mass is 10.3. The van der Waals surface area contributed by atoms with E-state index in [0.29, 0.717) is 13.2 Å². The molecular formula is C5H10N2O3. The lowest BCUT2D eigenvalue weighted by Crippen LogP contribution is -2.47. The fraction of sp³-hybridized carbons (Fsp3) is 0.800. The third-order valence-electron chi connectivity index (χ3n) is 1.33. The molecule has 58 valence electrons. The second-order valence-electron chi connectivity index (χ2n) is 2.04. The normalized spacial score (nSPS) is 25.9. The van der Waals surface area contributed by atoms with Crippen molar-refractivity contribution in [2.75, 3.05) is 19.7 Å². The summed E-state index contributed by atoms with van der Waals surface area (Å²) in [5.41, 5.74) is 1.53. The van der Waals surface area contributed by atoms with Crippen molar-refractivity contribution in [3.63, 3.8) is 0 Å². The third kappa shape index (κ3) is 1.66. The van der Waals surface area contributed by atoms with E-state index >= 15 is 0 Å². The highest BCUT2D eigenvalue weighted by atomic mass is 16.5. The molecule has 1 fully saturated rings. The van der Waals surface area contributed by atoms with Gasteiger partial charge < -0.3 is 10.1 Å². The Morgan fingerprint density at radius 1 is 1.80 bits per heavy atom. The molecule has 1 aliphatic rings. The number of amides is 1. The minimum absolute atomic E-state index is 0.465. The number of carbonyl (C=O) groups excluding carboxylic acids is 1. The number of hydroxylamine groups is 1. The molecule has 1 unspecified atom stereocenters. The Morgan fingerprint density at radius 2 is 2.60 bits per heavy atom. The first-order valence-electron chi connectivity index (χ1n) is 3.11.